The van der Waals surface area contributed by atoms with Crippen molar-refractivity contribution in [2.45, 2.75) is 78.6 Å². The zero-order chi connectivity index (χ0) is 41.0. The molecule has 8 rings (SSSR count). The molecule has 8 aromatic rings. The molecule has 2 aromatic heterocycles. The Balaban J connectivity index is 0.00000528. The summed E-state index contributed by atoms with van der Waals surface area (Å²) in [6.45, 7) is 20.2. The van der Waals surface area contributed by atoms with Crippen molar-refractivity contribution >= 4 is 11.0 Å². The van der Waals surface area contributed by atoms with Gasteiger partial charge in [0.1, 0.15) is 11.6 Å². The minimum absolute atomic E-state index is 0. The molecular weight excluding hydrogens is 902 g/mol. The van der Waals surface area contributed by atoms with E-state index in [0.717, 1.165) is 61.4 Å². The van der Waals surface area contributed by atoms with E-state index >= 15 is 0 Å². The van der Waals surface area contributed by atoms with E-state index in [4.69, 9.17) is 9.97 Å². The standard InChI is InChI=1S/C54H52N3O.Pt/c1-52(2,3)40-24-22-36(23-25-40)43-27-26-41(53(4,5)6)34-48(43)57-47-20-15-19-44(50(47)56-51(57)45-18-13-14-21-49(45)58)38-30-39(32-42(31-38)54(7,8)9)46-33-37(28-29-55-46)35-16-11-10-12-17-35;/h10-29,31-34,58H,1-9H3;/q-1;. The molecule has 6 aromatic carbocycles. The van der Waals surface area contributed by atoms with Gasteiger partial charge in [-0.1, -0.05) is 171 Å². The maximum absolute atomic E-state index is 11.5. The molecule has 0 aliphatic heterocycles. The number of benzene rings is 6. The van der Waals surface area contributed by atoms with Crippen LogP contribution in [0.5, 0.6) is 5.75 Å². The Bertz CT molecular complexity index is 2780. The number of phenols is 1. The third kappa shape index (κ3) is 8.34. The summed E-state index contributed by atoms with van der Waals surface area (Å²) in [6, 6.07) is 52.6. The fourth-order valence-electron chi connectivity index (χ4n) is 7.65. The van der Waals surface area contributed by atoms with Crippen LogP contribution in [0.2, 0.25) is 0 Å². The van der Waals surface area contributed by atoms with Gasteiger partial charge in [0.15, 0.2) is 0 Å². The largest absolute Gasteiger partial charge is 0.507 e. The van der Waals surface area contributed by atoms with Gasteiger partial charge in [0.05, 0.1) is 22.3 Å². The van der Waals surface area contributed by atoms with Gasteiger partial charge in [-0.15, -0.1) is 29.3 Å². The summed E-state index contributed by atoms with van der Waals surface area (Å²) in [6.07, 6.45) is 1.88. The summed E-state index contributed by atoms with van der Waals surface area (Å²) in [7, 11) is 0. The third-order valence-corrected chi connectivity index (χ3v) is 11.2. The molecular formula is C54H52N3OPt-. The van der Waals surface area contributed by atoms with Gasteiger partial charge in [-0.25, -0.2) is 4.98 Å². The average Bonchev–Trinajstić information content (AvgIpc) is 3.59. The summed E-state index contributed by atoms with van der Waals surface area (Å²) in [5.74, 6) is 0.847. The van der Waals surface area contributed by atoms with Crippen LogP contribution in [0.4, 0.5) is 0 Å². The van der Waals surface area contributed by atoms with Gasteiger partial charge >= 0.3 is 0 Å². The Morgan fingerprint density at radius 2 is 1.14 bits per heavy atom. The monoisotopic (exact) mass is 953 g/mol. The Hall–Kier alpha value is -5.57. The van der Waals surface area contributed by atoms with E-state index < -0.39 is 0 Å². The summed E-state index contributed by atoms with van der Waals surface area (Å²) in [5.41, 5.74) is 15.0. The number of pyridine rings is 1. The smallest absolute Gasteiger partial charge is 0.148 e. The number of imidazole rings is 1. The number of fused-ring (bicyclic) bond motifs is 1. The Labute approximate surface area is 364 Å². The van der Waals surface area contributed by atoms with Crippen LogP contribution in [0.15, 0.2) is 146 Å². The molecule has 0 aliphatic rings. The second kappa shape index (κ2) is 15.9. The van der Waals surface area contributed by atoms with Crippen LogP contribution in [0.1, 0.15) is 79.0 Å². The van der Waals surface area contributed by atoms with Crippen LogP contribution in [0.3, 0.4) is 0 Å². The van der Waals surface area contributed by atoms with Crippen LogP contribution >= 0.6 is 0 Å². The maximum Gasteiger partial charge on any atom is 0.148 e. The van der Waals surface area contributed by atoms with Crippen molar-refractivity contribution in [3.8, 4) is 67.5 Å². The molecule has 1 N–H and O–H groups in total. The van der Waals surface area contributed by atoms with Gasteiger partial charge in [0, 0.05) is 38.5 Å². The van der Waals surface area contributed by atoms with Crippen LogP contribution in [0.25, 0.3) is 72.7 Å². The topological polar surface area (TPSA) is 50.9 Å². The molecule has 0 radical (unpaired) electrons. The van der Waals surface area contributed by atoms with E-state index in [1.54, 1.807) is 6.07 Å². The number of hydrogen-bond acceptors (Lipinski definition) is 3. The zero-order valence-corrected chi connectivity index (χ0v) is 37.7. The van der Waals surface area contributed by atoms with Crippen LogP contribution < -0.4 is 0 Å². The van der Waals surface area contributed by atoms with Crippen molar-refractivity contribution < 1.29 is 26.2 Å². The number of aromatic hydroxyl groups is 1. The van der Waals surface area contributed by atoms with Crippen LogP contribution in [-0.4, -0.2) is 19.6 Å². The molecule has 300 valence electrons. The second-order valence-corrected chi connectivity index (χ2v) is 18.5. The van der Waals surface area contributed by atoms with Crippen molar-refractivity contribution in [2.24, 2.45) is 0 Å². The fraction of sp³-hybridized carbons (Fsp3) is 0.222. The van der Waals surface area contributed by atoms with Gasteiger partial charge in [-0.05, 0) is 74.4 Å². The van der Waals surface area contributed by atoms with Crippen LogP contribution in [0, 0.1) is 6.07 Å². The molecule has 4 nitrogen and oxygen atoms in total. The van der Waals surface area contributed by atoms with Crippen molar-refractivity contribution in [3.05, 3.63) is 168 Å². The molecule has 5 heteroatoms. The molecule has 0 aliphatic carbocycles. The van der Waals surface area contributed by atoms with E-state index in [0.29, 0.717) is 11.4 Å². The fourth-order valence-corrected chi connectivity index (χ4v) is 7.65. The third-order valence-electron chi connectivity index (χ3n) is 11.2. The molecule has 0 unspecified atom stereocenters. The number of phenolic OH excluding ortho intramolecular Hbond substituents is 1. The zero-order valence-electron chi connectivity index (χ0n) is 35.5. The van der Waals surface area contributed by atoms with Crippen molar-refractivity contribution in [1.29, 1.82) is 0 Å². The van der Waals surface area contributed by atoms with Crippen LogP contribution in [-0.2, 0) is 37.3 Å². The van der Waals surface area contributed by atoms with Crippen molar-refractivity contribution in [1.82, 2.24) is 14.5 Å². The summed E-state index contributed by atoms with van der Waals surface area (Å²) in [5, 5.41) is 11.5. The summed E-state index contributed by atoms with van der Waals surface area (Å²) >= 11 is 0. The first-order chi connectivity index (χ1) is 27.6. The Morgan fingerprint density at radius 3 is 1.81 bits per heavy atom. The first kappa shape index (κ1) is 41.6. The molecule has 0 bridgehead atoms. The maximum atomic E-state index is 11.5. The molecule has 2 heterocycles. The molecule has 0 amide bonds. The van der Waals surface area contributed by atoms with E-state index in [1.807, 2.05) is 30.5 Å². The summed E-state index contributed by atoms with van der Waals surface area (Å²) in [4.78, 5) is 10.4. The molecule has 0 atom stereocenters. The minimum Gasteiger partial charge on any atom is -0.507 e. The quantitative estimate of drug-likeness (QED) is 0.169. The second-order valence-electron chi connectivity index (χ2n) is 18.5. The predicted octanol–water partition coefficient (Wildman–Crippen LogP) is 14.2. The first-order valence-electron chi connectivity index (χ1n) is 20.2. The minimum atomic E-state index is -0.144. The molecule has 0 spiro atoms. The first-order valence-corrected chi connectivity index (χ1v) is 20.2. The van der Waals surface area contributed by atoms with Gasteiger partial charge in [0.25, 0.3) is 0 Å². The normalized spacial score (nSPS) is 12.1. The SMILES string of the molecule is CC(C)(C)c1ccc(-c2ccc(C(C)(C)C)cc2-n2c(-c3ccccc3O)nc3c(-c4[c-]c(-c5cc(-c6ccccc6)ccn5)cc(C(C)(C)C)c4)cccc32)cc1.[Pt]. The number of nitrogens with zero attached hydrogens (tertiary/aromatic N) is 3. The molecule has 0 saturated carbocycles. The molecule has 0 saturated heterocycles. The number of para-hydroxylation sites is 2. The summed E-state index contributed by atoms with van der Waals surface area (Å²) < 4.78 is 2.25. The van der Waals surface area contributed by atoms with Gasteiger partial charge in [-0.3, -0.25) is 9.55 Å². The van der Waals surface area contributed by atoms with Gasteiger partial charge < -0.3 is 5.11 Å². The number of hydrogen-bond donors (Lipinski definition) is 1. The Kier molecular flexibility index (Phi) is 11.2. The predicted molar refractivity (Wildman–Crippen MR) is 243 cm³/mol. The van der Waals surface area contributed by atoms with E-state index in [1.165, 1.54) is 16.7 Å². The number of rotatable bonds is 6. The van der Waals surface area contributed by atoms with E-state index in [-0.39, 0.29) is 43.1 Å². The Morgan fingerprint density at radius 1 is 0.508 bits per heavy atom. The molecule has 59 heavy (non-hydrogen) atoms. The number of aromatic nitrogens is 3. The average molecular weight is 954 g/mol. The van der Waals surface area contributed by atoms with Gasteiger partial charge in [0.2, 0.25) is 0 Å². The molecule has 0 fully saturated rings. The van der Waals surface area contributed by atoms with Crippen molar-refractivity contribution in [3.63, 3.8) is 0 Å². The van der Waals surface area contributed by atoms with E-state index in [2.05, 4.69) is 182 Å². The van der Waals surface area contributed by atoms with Crippen molar-refractivity contribution in [2.75, 3.05) is 0 Å². The van der Waals surface area contributed by atoms with Gasteiger partial charge in [-0.2, -0.15) is 0 Å². The van der Waals surface area contributed by atoms with E-state index in [9.17, 15) is 5.11 Å².